The number of nitrogens with zero attached hydrogens (tertiary/aromatic N) is 2. The molecule has 0 aliphatic rings. The predicted molar refractivity (Wildman–Crippen MR) is 112 cm³/mol. The van der Waals surface area contributed by atoms with E-state index in [2.05, 4.69) is 20.6 Å². The van der Waals surface area contributed by atoms with Gasteiger partial charge < -0.3 is 15.4 Å². The Morgan fingerprint density at radius 3 is 2.21 bits per heavy atom. The predicted octanol–water partition coefficient (Wildman–Crippen LogP) is 4.18. The van der Waals surface area contributed by atoms with Crippen LogP contribution in [-0.4, -0.2) is 29.0 Å². The Bertz CT molecular complexity index is 1040. The van der Waals surface area contributed by atoms with Gasteiger partial charge in [-0.25, -0.2) is 14.8 Å². The molecule has 3 aromatic rings. The SMILES string of the molecule is COC(=O)c1ccc(Nc2cc(C(=O)Nc3c(C)cccc3C)nc(C)n2)cc1. The quantitative estimate of drug-likeness (QED) is 0.635. The number of carbonyl (C=O) groups is 2. The largest absolute Gasteiger partial charge is 0.465 e. The second kappa shape index (κ2) is 8.52. The van der Waals surface area contributed by atoms with Crippen LogP contribution in [0.25, 0.3) is 0 Å². The number of para-hydroxylation sites is 1. The van der Waals surface area contributed by atoms with Crippen molar-refractivity contribution >= 4 is 29.1 Å². The number of anilines is 3. The number of hydrogen-bond acceptors (Lipinski definition) is 6. The van der Waals surface area contributed by atoms with Gasteiger partial charge in [-0.3, -0.25) is 4.79 Å². The zero-order chi connectivity index (χ0) is 21.0. The molecule has 29 heavy (non-hydrogen) atoms. The fourth-order valence-corrected chi connectivity index (χ4v) is 2.89. The number of methoxy groups -OCH3 is 1. The first kappa shape index (κ1) is 20.0. The van der Waals surface area contributed by atoms with Gasteiger partial charge in [0.25, 0.3) is 5.91 Å². The van der Waals surface area contributed by atoms with E-state index in [1.807, 2.05) is 32.0 Å². The third-order valence-electron chi connectivity index (χ3n) is 4.37. The lowest BCUT2D eigenvalue weighted by Gasteiger charge is -2.12. The fraction of sp³-hybridized carbons (Fsp3) is 0.182. The molecule has 0 saturated carbocycles. The number of ether oxygens (including phenoxy) is 1. The first-order chi connectivity index (χ1) is 13.9. The molecule has 0 spiro atoms. The smallest absolute Gasteiger partial charge is 0.337 e. The van der Waals surface area contributed by atoms with Gasteiger partial charge in [0.2, 0.25) is 0 Å². The van der Waals surface area contributed by atoms with E-state index in [0.717, 1.165) is 22.5 Å². The van der Waals surface area contributed by atoms with E-state index < -0.39 is 5.97 Å². The van der Waals surface area contributed by atoms with E-state index in [4.69, 9.17) is 4.74 Å². The van der Waals surface area contributed by atoms with E-state index in [1.54, 1.807) is 37.3 Å². The van der Waals surface area contributed by atoms with Gasteiger partial charge in [-0.1, -0.05) is 18.2 Å². The van der Waals surface area contributed by atoms with Crippen molar-refractivity contribution in [2.75, 3.05) is 17.7 Å². The molecule has 0 aliphatic carbocycles. The third kappa shape index (κ3) is 4.76. The summed E-state index contributed by atoms with van der Waals surface area (Å²) in [5.74, 6) is 0.236. The molecular formula is C22H22N4O3. The van der Waals surface area contributed by atoms with E-state index in [-0.39, 0.29) is 11.6 Å². The number of aromatic nitrogens is 2. The summed E-state index contributed by atoms with van der Waals surface area (Å²) in [4.78, 5) is 32.9. The van der Waals surface area contributed by atoms with Crippen molar-refractivity contribution in [1.29, 1.82) is 0 Å². The highest BCUT2D eigenvalue weighted by atomic mass is 16.5. The molecule has 7 nitrogen and oxygen atoms in total. The molecule has 0 radical (unpaired) electrons. The zero-order valence-corrected chi connectivity index (χ0v) is 16.7. The van der Waals surface area contributed by atoms with Crippen molar-refractivity contribution in [3.05, 3.63) is 76.7 Å². The van der Waals surface area contributed by atoms with Crippen LogP contribution in [0.2, 0.25) is 0 Å². The molecule has 0 saturated heterocycles. The van der Waals surface area contributed by atoms with E-state index in [1.165, 1.54) is 7.11 Å². The van der Waals surface area contributed by atoms with Crippen molar-refractivity contribution in [3.8, 4) is 0 Å². The fourth-order valence-electron chi connectivity index (χ4n) is 2.89. The first-order valence-corrected chi connectivity index (χ1v) is 9.06. The number of aryl methyl sites for hydroxylation is 3. The van der Waals surface area contributed by atoms with Crippen LogP contribution in [0.5, 0.6) is 0 Å². The Kier molecular flexibility index (Phi) is 5.87. The minimum Gasteiger partial charge on any atom is -0.465 e. The summed E-state index contributed by atoms with van der Waals surface area (Å²) >= 11 is 0. The van der Waals surface area contributed by atoms with Crippen LogP contribution in [0.1, 0.15) is 37.8 Å². The van der Waals surface area contributed by atoms with Gasteiger partial charge >= 0.3 is 5.97 Å². The van der Waals surface area contributed by atoms with Crippen LogP contribution in [-0.2, 0) is 4.74 Å². The lowest BCUT2D eigenvalue weighted by Crippen LogP contribution is -2.16. The second-order valence-electron chi connectivity index (χ2n) is 6.60. The maximum atomic E-state index is 12.7. The Morgan fingerprint density at radius 2 is 1.59 bits per heavy atom. The first-order valence-electron chi connectivity index (χ1n) is 9.06. The van der Waals surface area contributed by atoms with Crippen LogP contribution in [0.4, 0.5) is 17.2 Å². The van der Waals surface area contributed by atoms with Crippen molar-refractivity contribution in [3.63, 3.8) is 0 Å². The molecule has 2 N–H and O–H groups in total. The van der Waals surface area contributed by atoms with E-state index in [0.29, 0.717) is 17.2 Å². The number of benzene rings is 2. The monoisotopic (exact) mass is 390 g/mol. The van der Waals surface area contributed by atoms with Gasteiger partial charge in [0.05, 0.1) is 12.7 Å². The summed E-state index contributed by atoms with van der Waals surface area (Å²) in [6, 6.07) is 14.2. The highest BCUT2D eigenvalue weighted by Gasteiger charge is 2.14. The second-order valence-corrected chi connectivity index (χ2v) is 6.60. The van der Waals surface area contributed by atoms with Crippen molar-refractivity contribution in [2.45, 2.75) is 20.8 Å². The van der Waals surface area contributed by atoms with Gasteiger partial charge in [-0.05, 0) is 56.2 Å². The lowest BCUT2D eigenvalue weighted by atomic mass is 10.1. The standard InChI is InChI=1S/C22H22N4O3/c1-13-6-5-7-14(2)20(13)26-21(27)18-12-19(24-15(3)23-18)25-17-10-8-16(9-11-17)22(28)29-4/h5-12H,1-4H3,(H,26,27)(H,23,24,25). The number of hydrogen-bond donors (Lipinski definition) is 2. The molecule has 3 rings (SSSR count). The highest BCUT2D eigenvalue weighted by Crippen LogP contribution is 2.21. The van der Waals surface area contributed by atoms with Gasteiger partial charge in [-0.15, -0.1) is 0 Å². The molecule has 7 heteroatoms. The van der Waals surface area contributed by atoms with Crippen molar-refractivity contribution in [2.24, 2.45) is 0 Å². The van der Waals surface area contributed by atoms with Crippen molar-refractivity contribution in [1.82, 2.24) is 9.97 Å². The van der Waals surface area contributed by atoms with Crippen LogP contribution >= 0.6 is 0 Å². The minimum atomic E-state index is -0.403. The molecule has 1 heterocycles. The van der Waals surface area contributed by atoms with Gasteiger partial charge in [0, 0.05) is 17.4 Å². The summed E-state index contributed by atoms with van der Waals surface area (Å²) < 4.78 is 4.69. The summed E-state index contributed by atoms with van der Waals surface area (Å²) in [5, 5.41) is 6.06. The summed E-state index contributed by atoms with van der Waals surface area (Å²) in [5.41, 5.74) is 4.17. The molecule has 0 bridgehead atoms. The molecule has 0 unspecified atom stereocenters. The number of rotatable bonds is 5. The Labute approximate surface area is 169 Å². The molecule has 1 amide bonds. The van der Waals surface area contributed by atoms with Gasteiger partial charge in [0.1, 0.15) is 17.3 Å². The molecule has 148 valence electrons. The van der Waals surface area contributed by atoms with Crippen LogP contribution in [0.15, 0.2) is 48.5 Å². The number of nitrogens with one attached hydrogen (secondary N) is 2. The molecule has 0 fully saturated rings. The summed E-state index contributed by atoms with van der Waals surface area (Å²) in [7, 11) is 1.34. The number of amides is 1. The van der Waals surface area contributed by atoms with Gasteiger partial charge in [0.15, 0.2) is 0 Å². The average Bonchev–Trinajstić information content (AvgIpc) is 2.70. The normalized spacial score (nSPS) is 10.3. The third-order valence-corrected chi connectivity index (χ3v) is 4.37. The summed E-state index contributed by atoms with van der Waals surface area (Å²) in [6.07, 6.45) is 0. The summed E-state index contributed by atoms with van der Waals surface area (Å²) in [6.45, 7) is 5.61. The van der Waals surface area contributed by atoms with Gasteiger partial charge in [-0.2, -0.15) is 0 Å². The zero-order valence-electron chi connectivity index (χ0n) is 16.7. The maximum Gasteiger partial charge on any atom is 0.337 e. The Hall–Kier alpha value is -3.74. The molecule has 0 aliphatic heterocycles. The van der Waals surface area contributed by atoms with E-state index >= 15 is 0 Å². The van der Waals surface area contributed by atoms with Crippen LogP contribution in [0, 0.1) is 20.8 Å². The molecule has 2 aromatic carbocycles. The average molecular weight is 390 g/mol. The van der Waals surface area contributed by atoms with Crippen molar-refractivity contribution < 1.29 is 14.3 Å². The maximum absolute atomic E-state index is 12.7. The topological polar surface area (TPSA) is 93.2 Å². The van der Waals surface area contributed by atoms with E-state index in [9.17, 15) is 9.59 Å². The molecule has 0 atom stereocenters. The number of esters is 1. The van der Waals surface area contributed by atoms with Crippen LogP contribution in [0.3, 0.4) is 0 Å². The highest BCUT2D eigenvalue weighted by molar-refractivity contribution is 6.04. The Balaban J connectivity index is 1.81. The lowest BCUT2D eigenvalue weighted by molar-refractivity contribution is 0.0600. The van der Waals surface area contributed by atoms with Crippen LogP contribution < -0.4 is 10.6 Å². The molecule has 1 aromatic heterocycles. The Morgan fingerprint density at radius 1 is 0.931 bits per heavy atom. The molecular weight excluding hydrogens is 368 g/mol. The minimum absolute atomic E-state index is 0.258. The number of carbonyl (C=O) groups excluding carboxylic acids is 2.